The van der Waals surface area contributed by atoms with Gasteiger partial charge in [-0.3, -0.25) is 0 Å². The van der Waals surface area contributed by atoms with Crippen molar-refractivity contribution < 1.29 is 8.78 Å². The molecule has 1 aromatic rings. The second-order valence-corrected chi connectivity index (χ2v) is 5.84. The van der Waals surface area contributed by atoms with E-state index in [0.717, 1.165) is 22.9 Å². The highest BCUT2D eigenvalue weighted by molar-refractivity contribution is 9.10. The van der Waals surface area contributed by atoms with Crippen molar-refractivity contribution in [3.8, 4) is 0 Å². The molecule has 1 aliphatic carbocycles. The predicted octanol–water partition coefficient (Wildman–Crippen LogP) is 5.38. The summed E-state index contributed by atoms with van der Waals surface area (Å²) in [6.45, 7) is 2.00. The van der Waals surface area contributed by atoms with Gasteiger partial charge in [0.2, 0.25) is 0 Å². The summed E-state index contributed by atoms with van der Waals surface area (Å²) in [6, 6.07) is 7.32. The third kappa shape index (κ3) is 2.87. The van der Waals surface area contributed by atoms with Crippen LogP contribution in [0.3, 0.4) is 0 Å². The van der Waals surface area contributed by atoms with E-state index in [-0.39, 0.29) is 12.3 Å². The van der Waals surface area contributed by atoms with E-state index in [9.17, 15) is 8.78 Å². The van der Waals surface area contributed by atoms with Gasteiger partial charge in [0, 0.05) is 16.8 Å². The van der Waals surface area contributed by atoms with Crippen molar-refractivity contribution in [3.63, 3.8) is 0 Å². The number of hydrogen-bond donors (Lipinski definition) is 0. The molecule has 1 aromatic carbocycles. The number of halogens is 3. The van der Waals surface area contributed by atoms with Crippen LogP contribution in [0.15, 0.2) is 28.7 Å². The van der Waals surface area contributed by atoms with Crippen molar-refractivity contribution >= 4 is 15.9 Å². The lowest BCUT2D eigenvalue weighted by Gasteiger charge is -2.36. The normalized spacial score (nSPS) is 28.0. The van der Waals surface area contributed by atoms with Gasteiger partial charge in [0.1, 0.15) is 0 Å². The first kappa shape index (κ1) is 13.0. The van der Waals surface area contributed by atoms with Gasteiger partial charge < -0.3 is 0 Å². The van der Waals surface area contributed by atoms with Gasteiger partial charge in [0.25, 0.3) is 5.92 Å². The second-order valence-electron chi connectivity index (χ2n) is 4.92. The van der Waals surface area contributed by atoms with Crippen molar-refractivity contribution in [2.24, 2.45) is 5.92 Å². The van der Waals surface area contributed by atoms with Gasteiger partial charge in [-0.25, -0.2) is 8.78 Å². The Morgan fingerprint density at radius 1 is 1.24 bits per heavy atom. The first-order chi connectivity index (χ1) is 8.03. The van der Waals surface area contributed by atoms with E-state index in [1.807, 2.05) is 31.2 Å². The topological polar surface area (TPSA) is 0 Å². The van der Waals surface area contributed by atoms with E-state index in [1.165, 1.54) is 0 Å². The molecule has 0 aliphatic heterocycles. The lowest BCUT2D eigenvalue weighted by molar-refractivity contribution is -0.0729. The summed E-state index contributed by atoms with van der Waals surface area (Å²) >= 11 is 3.33. The number of benzene rings is 1. The number of alkyl halides is 2. The lowest BCUT2D eigenvalue weighted by atomic mass is 9.75. The Morgan fingerprint density at radius 2 is 1.88 bits per heavy atom. The number of rotatable bonds is 2. The van der Waals surface area contributed by atoms with Crippen LogP contribution in [0.2, 0.25) is 0 Å². The third-order valence-corrected chi connectivity index (χ3v) is 4.31. The van der Waals surface area contributed by atoms with Gasteiger partial charge in [0.05, 0.1) is 0 Å². The zero-order chi connectivity index (χ0) is 12.5. The van der Waals surface area contributed by atoms with Gasteiger partial charge in [-0.05, 0) is 36.5 Å². The Balaban J connectivity index is 2.18. The second kappa shape index (κ2) is 5.05. The molecule has 0 N–H and O–H groups in total. The summed E-state index contributed by atoms with van der Waals surface area (Å²) in [5.74, 6) is -2.96. The van der Waals surface area contributed by atoms with Crippen LogP contribution in [0.1, 0.15) is 44.1 Å². The summed E-state index contributed by atoms with van der Waals surface area (Å²) in [7, 11) is 0. The molecule has 1 fully saturated rings. The molecule has 2 atom stereocenters. The van der Waals surface area contributed by atoms with Crippen LogP contribution in [0.25, 0.3) is 0 Å². The van der Waals surface area contributed by atoms with Crippen molar-refractivity contribution in [2.75, 3.05) is 0 Å². The van der Waals surface area contributed by atoms with E-state index in [0.29, 0.717) is 6.42 Å². The van der Waals surface area contributed by atoms with Gasteiger partial charge in [-0.1, -0.05) is 41.4 Å². The van der Waals surface area contributed by atoms with Crippen LogP contribution in [0, 0.1) is 5.92 Å². The molecule has 0 saturated heterocycles. The van der Waals surface area contributed by atoms with E-state index < -0.39 is 11.8 Å². The first-order valence-corrected chi connectivity index (χ1v) is 6.95. The number of hydrogen-bond acceptors (Lipinski definition) is 0. The summed E-state index contributed by atoms with van der Waals surface area (Å²) in [6.07, 6.45) is 2.44. The van der Waals surface area contributed by atoms with E-state index in [1.54, 1.807) is 0 Å². The molecule has 1 saturated carbocycles. The minimum absolute atomic E-state index is 0.0459. The molecule has 94 valence electrons. The molecule has 0 nitrogen and oxygen atoms in total. The SMILES string of the molecule is CC[C@@H]1CC[C@@H](c2ccc(Br)cc2)C(F)(F)C1. The maximum absolute atomic E-state index is 14.1. The van der Waals surface area contributed by atoms with E-state index in [4.69, 9.17) is 0 Å². The highest BCUT2D eigenvalue weighted by Gasteiger charge is 2.45. The van der Waals surface area contributed by atoms with Crippen molar-refractivity contribution in [3.05, 3.63) is 34.3 Å². The molecule has 0 bridgehead atoms. The molecule has 0 aromatic heterocycles. The van der Waals surface area contributed by atoms with Gasteiger partial charge in [-0.15, -0.1) is 0 Å². The fourth-order valence-electron chi connectivity index (χ4n) is 2.70. The van der Waals surface area contributed by atoms with Crippen LogP contribution >= 0.6 is 15.9 Å². The molecule has 2 rings (SSSR count). The predicted molar refractivity (Wildman–Crippen MR) is 69.5 cm³/mol. The Kier molecular flexibility index (Phi) is 3.86. The molecule has 1 aliphatic rings. The quantitative estimate of drug-likeness (QED) is 0.688. The lowest BCUT2D eigenvalue weighted by Crippen LogP contribution is -2.34. The summed E-state index contributed by atoms with van der Waals surface area (Å²) in [4.78, 5) is 0. The van der Waals surface area contributed by atoms with Crippen molar-refractivity contribution in [1.82, 2.24) is 0 Å². The van der Waals surface area contributed by atoms with Crippen LogP contribution < -0.4 is 0 Å². The van der Waals surface area contributed by atoms with E-state index >= 15 is 0 Å². The maximum Gasteiger partial charge on any atom is 0.255 e. The summed E-state index contributed by atoms with van der Waals surface area (Å²) < 4.78 is 29.1. The van der Waals surface area contributed by atoms with Crippen LogP contribution in [-0.4, -0.2) is 5.92 Å². The van der Waals surface area contributed by atoms with Crippen LogP contribution in [0.5, 0.6) is 0 Å². The molecular formula is C14H17BrF2. The summed E-state index contributed by atoms with van der Waals surface area (Å²) in [5, 5.41) is 0. The Hall–Kier alpha value is -0.440. The van der Waals surface area contributed by atoms with Gasteiger partial charge >= 0.3 is 0 Å². The fraction of sp³-hybridized carbons (Fsp3) is 0.571. The summed E-state index contributed by atoms with van der Waals surface area (Å²) in [5.41, 5.74) is 0.771. The molecule has 0 amide bonds. The molecule has 0 radical (unpaired) electrons. The van der Waals surface area contributed by atoms with Crippen LogP contribution in [0.4, 0.5) is 8.78 Å². The molecule has 0 spiro atoms. The standard InChI is InChI=1S/C14H17BrF2/c1-2-10-3-8-13(14(16,17)9-10)11-4-6-12(15)7-5-11/h4-7,10,13H,2-3,8-9H2,1H3/t10-,13+/m1/s1. The van der Waals surface area contributed by atoms with Crippen molar-refractivity contribution in [2.45, 2.75) is 44.4 Å². The van der Waals surface area contributed by atoms with Gasteiger partial charge in [-0.2, -0.15) is 0 Å². The van der Waals surface area contributed by atoms with Crippen molar-refractivity contribution in [1.29, 1.82) is 0 Å². The Bertz CT molecular complexity index is 372. The Labute approximate surface area is 110 Å². The molecule has 0 unspecified atom stereocenters. The Morgan fingerprint density at radius 3 is 2.41 bits per heavy atom. The minimum atomic E-state index is -2.55. The average molecular weight is 303 g/mol. The zero-order valence-electron chi connectivity index (χ0n) is 9.93. The average Bonchev–Trinajstić information content (AvgIpc) is 2.29. The largest absolute Gasteiger partial charge is 0.255 e. The maximum atomic E-state index is 14.1. The zero-order valence-corrected chi connectivity index (χ0v) is 11.5. The van der Waals surface area contributed by atoms with E-state index in [2.05, 4.69) is 15.9 Å². The monoisotopic (exact) mass is 302 g/mol. The molecule has 3 heteroatoms. The van der Waals surface area contributed by atoms with Gasteiger partial charge in [0.15, 0.2) is 0 Å². The highest BCUT2D eigenvalue weighted by atomic mass is 79.9. The highest BCUT2D eigenvalue weighted by Crippen LogP contribution is 2.47. The molecule has 0 heterocycles. The molecule has 17 heavy (non-hydrogen) atoms. The fourth-order valence-corrected chi connectivity index (χ4v) is 2.96. The van der Waals surface area contributed by atoms with Crippen LogP contribution in [-0.2, 0) is 0 Å². The smallest absolute Gasteiger partial charge is 0.206 e. The third-order valence-electron chi connectivity index (χ3n) is 3.78. The molecular weight excluding hydrogens is 286 g/mol. The minimum Gasteiger partial charge on any atom is -0.206 e. The first-order valence-electron chi connectivity index (χ1n) is 6.16.